The highest BCUT2D eigenvalue weighted by Crippen LogP contribution is 2.37. The number of rotatable bonds is 1. The molecular weight excluding hydrogens is 168 g/mol. The highest BCUT2D eigenvalue weighted by molar-refractivity contribution is 5.00. The Hall–Kier alpha value is -0.120. The molecule has 2 unspecified atom stereocenters. The zero-order valence-electron chi connectivity index (χ0n) is 8.57. The van der Waals surface area contributed by atoms with E-state index in [1.807, 2.05) is 20.8 Å². The minimum Gasteiger partial charge on any atom is -0.390 e. The Bertz CT molecular complexity index is 167. The topological polar surface area (TPSA) is 60.7 Å². The fourth-order valence-corrected chi connectivity index (χ4v) is 2.23. The van der Waals surface area contributed by atoms with Gasteiger partial charge in [0.1, 0.15) is 5.60 Å². The molecule has 0 spiro atoms. The van der Waals surface area contributed by atoms with Crippen molar-refractivity contribution in [3.8, 4) is 0 Å². The van der Waals surface area contributed by atoms with Gasteiger partial charge in [0.05, 0.1) is 12.2 Å². The molecule has 0 aromatic heterocycles. The van der Waals surface area contributed by atoms with E-state index in [0.29, 0.717) is 12.8 Å². The third kappa shape index (κ3) is 1.73. The fourth-order valence-electron chi connectivity index (χ4n) is 2.23. The first-order valence-electron chi connectivity index (χ1n) is 4.97. The molecule has 3 N–H and O–H groups in total. The number of hydrogen-bond donors (Lipinski definition) is 3. The average molecular weight is 188 g/mol. The number of hydrogen-bond acceptors (Lipinski definition) is 3. The van der Waals surface area contributed by atoms with Crippen molar-refractivity contribution in [1.29, 1.82) is 0 Å². The van der Waals surface area contributed by atoms with Gasteiger partial charge in [-0.25, -0.2) is 0 Å². The van der Waals surface area contributed by atoms with E-state index in [9.17, 15) is 15.3 Å². The van der Waals surface area contributed by atoms with Crippen LogP contribution in [0.5, 0.6) is 0 Å². The molecule has 0 aliphatic heterocycles. The van der Waals surface area contributed by atoms with Crippen LogP contribution < -0.4 is 0 Å². The molecule has 1 rings (SSSR count). The summed E-state index contributed by atoms with van der Waals surface area (Å²) < 4.78 is 0. The number of aliphatic hydroxyl groups excluding tert-OH is 2. The van der Waals surface area contributed by atoms with Crippen LogP contribution in [0.15, 0.2) is 0 Å². The summed E-state index contributed by atoms with van der Waals surface area (Å²) in [5, 5.41) is 29.6. The first-order valence-corrected chi connectivity index (χ1v) is 4.97. The van der Waals surface area contributed by atoms with E-state index in [0.717, 1.165) is 0 Å². The Morgan fingerprint density at radius 1 is 1.15 bits per heavy atom. The third-order valence-electron chi connectivity index (χ3n) is 3.24. The normalized spacial score (nSPS) is 46.8. The summed E-state index contributed by atoms with van der Waals surface area (Å²) in [6.45, 7) is 5.62. The van der Waals surface area contributed by atoms with Gasteiger partial charge >= 0.3 is 0 Å². The largest absolute Gasteiger partial charge is 0.390 e. The van der Waals surface area contributed by atoms with Crippen LogP contribution in [0, 0.1) is 11.8 Å². The molecule has 0 bridgehead atoms. The van der Waals surface area contributed by atoms with Crippen molar-refractivity contribution >= 4 is 0 Å². The molecule has 1 aliphatic carbocycles. The molecule has 0 amide bonds. The van der Waals surface area contributed by atoms with E-state index in [2.05, 4.69) is 0 Å². The average Bonchev–Trinajstić information content (AvgIpc) is 1.99. The Balaban J connectivity index is 2.83. The van der Waals surface area contributed by atoms with Crippen molar-refractivity contribution in [2.24, 2.45) is 11.8 Å². The maximum atomic E-state index is 10.1. The Kier molecular flexibility index (Phi) is 3.00. The van der Waals surface area contributed by atoms with Crippen LogP contribution in [-0.4, -0.2) is 33.1 Å². The van der Waals surface area contributed by atoms with Crippen LogP contribution >= 0.6 is 0 Å². The van der Waals surface area contributed by atoms with Gasteiger partial charge in [0.2, 0.25) is 0 Å². The van der Waals surface area contributed by atoms with Crippen LogP contribution in [0.4, 0.5) is 0 Å². The van der Waals surface area contributed by atoms with E-state index in [-0.39, 0.29) is 11.8 Å². The second-order valence-corrected chi connectivity index (χ2v) is 4.65. The van der Waals surface area contributed by atoms with Crippen molar-refractivity contribution in [2.45, 2.75) is 51.4 Å². The van der Waals surface area contributed by atoms with E-state index < -0.39 is 17.8 Å². The molecule has 0 radical (unpaired) electrons. The Labute approximate surface area is 79.4 Å². The first-order chi connectivity index (χ1) is 5.89. The van der Waals surface area contributed by atoms with Gasteiger partial charge in [-0.3, -0.25) is 0 Å². The van der Waals surface area contributed by atoms with E-state index in [1.54, 1.807) is 0 Å². The van der Waals surface area contributed by atoms with Crippen molar-refractivity contribution in [1.82, 2.24) is 0 Å². The maximum Gasteiger partial charge on any atom is 0.118 e. The predicted molar refractivity (Wildman–Crippen MR) is 50.2 cm³/mol. The minimum atomic E-state index is -1.31. The van der Waals surface area contributed by atoms with Crippen LogP contribution in [0.25, 0.3) is 0 Å². The van der Waals surface area contributed by atoms with Gasteiger partial charge in [0.15, 0.2) is 0 Å². The van der Waals surface area contributed by atoms with E-state index in [4.69, 9.17) is 0 Å². The number of aliphatic hydroxyl groups is 3. The lowest BCUT2D eigenvalue weighted by Gasteiger charge is -2.45. The second kappa shape index (κ2) is 3.56. The van der Waals surface area contributed by atoms with Gasteiger partial charge < -0.3 is 15.3 Å². The summed E-state index contributed by atoms with van der Waals surface area (Å²) in [6.07, 6.45) is -0.449. The lowest BCUT2D eigenvalue weighted by Crippen LogP contribution is -2.59. The quantitative estimate of drug-likeness (QED) is 0.562. The second-order valence-electron chi connectivity index (χ2n) is 4.65. The van der Waals surface area contributed by atoms with Crippen molar-refractivity contribution in [3.05, 3.63) is 0 Å². The fraction of sp³-hybridized carbons (Fsp3) is 1.00. The molecular formula is C10H20O3. The summed E-state index contributed by atoms with van der Waals surface area (Å²) >= 11 is 0. The molecule has 1 aliphatic rings. The molecule has 13 heavy (non-hydrogen) atoms. The lowest BCUT2D eigenvalue weighted by atomic mass is 9.70. The lowest BCUT2D eigenvalue weighted by molar-refractivity contribution is -0.198. The van der Waals surface area contributed by atoms with E-state index in [1.165, 1.54) is 0 Å². The van der Waals surface area contributed by atoms with Gasteiger partial charge in [-0.1, -0.05) is 20.8 Å². The molecule has 2 atom stereocenters. The minimum absolute atomic E-state index is 0.120. The Morgan fingerprint density at radius 3 is 1.85 bits per heavy atom. The molecule has 3 heteroatoms. The summed E-state index contributed by atoms with van der Waals surface area (Å²) in [5.41, 5.74) is -1.31. The molecule has 0 heterocycles. The van der Waals surface area contributed by atoms with E-state index >= 15 is 0 Å². The van der Waals surface area contributed by atoms with Crippen molar-refractivity contribution in [3.63, 3.8) is 0 Å². The first kappa shape index (κ1) is 11.0. The SMILES string of the molecule is CC1CC(O)C(O)(C(C)C)C(O)C1. The Morgan fingerprint density at radius 2 is 1.54 bits per heavy atom. The van der Waals surface area contributed by atoms with Gasteiger partial charge in [0, 0.05) is 0 Å². The van der Waals surface area contributed by atoms with Crippen molar-refractivity contribution < 1.29 is 15.3 Å². The third-order valence-corrected chi connectivity index (χ3v) is 3.24. The van der Waals surface area contributed by atoms with Gasteiger partial charge in [-0.15, -0.1) is 0 Å². The molecule has 1 saturated carbocycles. The van der Waals surface area contributed by atoms with Crippen LogP contribution in [-0.2, 0) is 0 Å². The standard InChI is InChI=1S/C10H20O3/c1-6(2)10(13)8(11)4-7(3)5-9(10)12/h6-9,11-13H,4-5H2,1-3H3. The highest BCUT2D eigenvalue weighted by atomic mass is 16.4. The van der Waals surface area contributed by atoms with Crippen LogP contribution in [0.1, 0.15) is 33.6 Å². The summed E-state index contributed by atoms with van der Waals surface area (Å²) in [4.78, 5) is 0. The summed E-state index contributed by atoms with van der Waals surface area (Å²) in [6, 6.07) is 0. The van der Waals surface area contributed by atoms with Crippen LogP contribution in [0.2, 0.25) is 0 Å². The van der Waals surface area contributed by atoms with Crippen molar-refractivity contribution in [2.75, 3.05) is 0 Å². The monoisotopic (exact) mass is 188 g/mol. The molecule has 1 fully saturated rings. The molecule has 0 aromatic carbocycles. The molecule has 78 valence electrons. The zero-order valence-corrected chi connectivity index (χ0v) is 8.57. The molecule has 3 nitrogen and oxygen atoms in total. The van der Waals surface area contributed by atoms with Gasteiger partial charge in [0.25, 0.3) is 0 Å². The highest BCUT2D eigenvalue weighted by Gasteiger charge is 2.49. The smallest absolute Gasteiger partial charge is 0.118 e. The van der Waals surface area contributed by atoms with Gasteiger partial charge in [-0.05, 0) is 24.7 Å². The van der Waals surface area contributed by atoms with Gasteiger partial charge in [-0.2, -0.15) is 0 Å². The summed E-state index contributed by atoms with van der Waals surface area (Å²) in [7, 11) is 0. The molecule has 0 saturated heterocycles. The maximum absolute atomic E-state index is 10.1. The zero-order chi connectivity index (χ0) is 10.2. The summed E-state index contributed by atoms with van der Waals surface area (Å²) in [5.74, 6) is 0.161. The predicted octanol–water partition coefficient (Wildman–Crippen LogP) is 0.525. The molecule has 0 aromatic rings. The van der Waals surface area contributed by atoms with Crippen LogP contribution in [0.3, 0.4) is 0 Å².